The normalized spacial score (nSPS) is 24.9. The van der Waals surface area contributed by atoms with Crippen molar-refractivity contribution in [2.75, 3.05) is 37.4 Å². The minimum atomic E-state index is -1.64. The first-order valence-electron chi connectivity index (χ1n) is 24.2. The summed E-state index contributed by atoms with van der Waals surface area (Å²) in [7, 11) is 1.38. The van der Waals surface area contributed by atoms with E-state index in [1.165, 1.54) is 31.6 Å². The lowest BCUT2D eigenvalue weighted by atomic mass is 9.84. The standard InChI is InChI=1S/C47H66IN11O13/c1-7-9-16-47(48,8-2)28-19-32(62)58(45(28)68)18-15-31(61)55-33(24(3)4)42(66)53-25(5)41(65)54-27-12-10-26(11-13-27)21-71-46(69)59-17-14-29(70-6)36(59)43(67)56-34-30(20-60)72-44(38(64)37(34)63)57-40-35-39(50-22-49-35)51-23-52-40/h10-13,22-25,28-30,33-34,36-38,44,60,63-64H,7-9,14-21H2,1-6H3,(H,53,66)(H,54,65)(H,55,61)(H,56,67)(H2,49,50,51,52,57)/t25-,28?,29-,30-,33-,34-,36+,37+,38-,44-,47?/m0/s1. The summed E-state index contributed by atoms with van der Waals surface area (Å²) < 4.78 is 16.6. The summed E-state index contributed by atoms with van der Waals surface area (Å²) in [5.74, 6) is -3.61. The van der Waals surface area contributed by atoms with Crippen LogP contribution in [-0.4, -0.2) is 172 Å². The number of H-pyrrole nitrogens is 1. The average Bonchev–Trinajstić information content (AvgIpc) is 4.11. The molecule has 1 aromatic carbocycles. The number of hydrogen-bond acceptors (Lipinski definition) is 17. The van der Waals surface area contributed by atoms with E-state index in [4.69, 9.17) is 14.2 Å². The highest BCUT2D eigenvalue weighted by molar-refractivity contribution is 14.1. The number of imidazole rings is 1. The number of aliphatic hydroxyl groups excluding tert-OH is 3. The van der Waals surface area contributed by atoms with E-state index in [9.17, 15) is 48.9 Å². The molecule has 6 rings (SSSR count). The Morgan fingerprint density at radius 3 is 2.42 bits per heavy atom. The van der Waals surface area contributed by atoms with E-state index in [0.29, 0.717) is 22.4 Å². The Balaban J connectivity index is 0.962. The molecule has 3 fully saturated rings. The third-order valence-electron chi connectivity index (χ3n) is 13.5. The number of halogens is 1. The number of unbranched alkanes of at least 4 members (excludes halogenated alkanes) is 1. The number of methoxy groups -OCH3 is 1. The molecular formula is C47H66IN11O13. The zero-order valence-electron chi connectivity index (χ0n) is 41.1. The van der Waals surface area contributed by atoms with Crippen LogP contribution in [0.5, 0.6) is 0 Å². The van der Waals surface area contributed by atoms with Gasteiger partial charge in [0, 0.05) is 42.2 Å². The Morgan fingerprint density at radius 2 is 1.75 bits per heavy atom. The molecule has 5 heterocycles. The molecule has 3 aliphatic heterocycles. The summed E-state index contributed by atoms with van der Waals surface area (Å²) in [6, 6.07) is 1.80. The van der Waals surface area contributed by atoms with Crippen LogP contribution in [0.4, 0.5) is 16.3 Å². The predicted molar refractivity (Wildman–Crippen MR) is 267 cm³/mol. The number of nitrogens with one attached hydrogen (secondary N) is 6. The molecule has 2 unspecified atom stereocenters. The maximum atomic E-state index is 13.8. The van der Waals surface area contributed by atoms with E-state index in [0.717, 1.165) is 30.6 Å². The molecule has 0 saturated carbocycles. The van der Waals surface area contributed by atoms with Gasteiger partial charge in [0.1, 0.15) is 54.9 Å². The third kappa shape index (κ3) is 12.9. The molecule has 72 heavy (non-hydrogen) atoms. The Kier molecular flexibility index (Phi) is 19.2. The lowest BCUT2D eigenvalue weighted by Crippen LogP contribution is -2.67. The van der Waals surface area contributed by atoms with Gasteiger partial charge in [0.05, 0.1) is 31.0 Å². The number of aromatic nitrogens is 4. The number of fused-ring (bicyclic) bond motifs is 1. The number of carbonyl (C=O) groups excluding carboxylic acids is 7. The average molecular weight is 1120 g/mol. The van der Waals surface area contributed by atoms with Crippen LogP contribution in [0, 0.1) is 11.8 Å². The Morgan fingerprint density at radius 1 is 1.01 bits per heavy atom. The molecule has 9 N–H and O–H groups in total. The Bertz CT molecular complexity index is 2410. The minimum absolute atomic E-state index is 0.0868. The molecule has 3 aliphatic rings. The monoisotopic (exact) mass is 1120 g/mol. The van der Waals surface area contributed by atoms with Crippen LogP contribution in [0.2, 0.25) is 0 Å². The van der Waals surface area contributed by atoms with Crippen molar-refractivity contribution in [1.29, 1.82) is 0 Å². The predicted octanol–water partition coefficient (Wildman–Crippen LogP) is 1.24. The van der Waals surface area contributed by atoms with Crippen LogP contribution in [0.25, 0.3) is 11.2 Å². The summed E-state index contributed by atoms with van der Waals surface area (Å²) >= 11 is 2.32. The smallest absolute Gasteiger partial charge is 0.410 e. The first-order chi connectivity index (χ1) is 34.3. The number of aliphatic hydroxyl groups is 3. The molecule has 0 bridgehead atoms. The third-order valence-corrected chi connectivity index (χ3v) is 15.5. The van der Waals surface area contributed by atoms with Crippen LogP contribution in [-0.2, 0) is 49.6 Å². The van der Waals surface area contributed by atoms with Gasteiger partial charge >= 0.3 is 6.09 Å². The van der Waals surface area contributed by atoms with Crippen molar-refractivity contribution in [2.24, 2.45) is 11.8 Å². The number of carbonyl (C=O) groups is 7. The fourth-order valence-electron chi connectivity index (χ4n) is 9.12. The first-order valence-corrected chi connectivity index (χ1v) is 25.2. The van der Waals surface area contributed by atoms with Gasteiger partial charge in [-0.15, -0.1) is 0 Å². The second kappa shape index (κ2) is 24.9. The Hall–Kier alpha value is -5.61. The maximum absolute atomic E-state index is 13.8. The van der Waals surface area contributed by atoms with Gasteiger partial charge in [0.15, 0.2) is 17.7 Å². The van der Waals surface area contributed by atoms with Crippen molar-refractivity contribution in [2.45, 2.75) is 144 Å². The molecule has 394 valence electrons. The molecule has 3 aromatic rings. The van der Waals surface area contributed by atoms with Crippen LogP contribution in [0.3, 0.4) is 0 Å². The maximum Gasteiger partial charge on any atom is 0.410 e. The van der Waals surface area contributed by atoms with Gasteiger partial charge in [-0.2, -0.15) is 0 Å². The number of nitrogens with zero attached hydrogens (tertiary/aromatic N) is 5. The highest BCUT2D eigenvalue weighted by atomic mass is 127. The molecule has 2 aromatic heterocycles. The van der Waals surface area contributed by atoms with E-state index >= 15 is 0 Å². The van der Waals surface area contributed by atoms with Crippen LogP contribution >= 0.6 is 22.6 Å². The zero-order chi connectivity index (χ0) is 52.4. The molecule has 24 nitrogen and oxygen atoms in total. The number of imide groups is 1. The summed E-state index contributed by atoms with van der Waals surface area (Å²) in [5, 5.41) is 46.0. The van der Waals surface area contributed by atoms with E-state index < -0.39 is 97.1 Å². The number of amides is 7. The number of ether oxygens (including phenoxy) is 3. The molecule has 0 spiro atoms. The second-order valence-electron chi connectivity index (χ2n) is 18.6. The molecule has 3 saturated heterocycles. The van der Waals surface area contributed by atoms with E-state index in [1.807, 2.05) is 6.92 Å². The molecular weight excluding hydrogens is 1050 g/mol. The summed E-state index contributed by atoms with van der Waals surface area (Å²) in [6.07, 6.45) is -1.02. The molecule has 7 amide bonds. The van der Waals surface area contributed by atoms with E-state index in [1.54, 1.807) is 38.1 Å². The number of alkyl halides is 1. The quantitative estimate of drug-likeness (QED) is 0.0388. The fourth-order valence-corrected chi connectivity index (χ4v) is 9.99. The highest BCUT2D eigenvalue weighted by Gasteiger charge is 2.50. The lowest BCUT2D eigenvalue weighted by molar-refractivity contribution is -0.186. The van der Waals surface area contributed by atoms with Gasteiger partial charge in [-0.1, -0.05) is 75.3 Å². The van der Waals surface area contributed by atoms with Gasteiger partial charge in [0.2, 0.25) is 35.4 Å². The van der Waals surface area contributed by atoms with Crippen molar-refractivity contribution in [3.05, 3.63) is 42.5 Å². The molecule has 0 radical (unpaired) electrons. The Labute approximate surface area is 430 Å². The second-order valence-corrected chi connectivity index (χ2v) is 20.8. The number of rotatable bonds is 22. The highest BCUT2D eigenvalue weighted by Crippen LogP contribution is 2.43. The van der Waals surface area contributed by atoms with Crippen molar-refractivity contribution in [3.63, 3.8) is 0 Å². The fraction of sp³-hybridized carbons (Fsp3) is 0.617. The number of anilines is 2. The molecule has 0 aliphatic carbocycles. The number of likely N-dealkylation sites (tertiary alicyclic amines) is 2. The van der Waals surface area contributed by atoms with E-state index in [-0.39, 0.29) is 65.9 Å². The molecule has 25 heteroatoms. The van der Waals surface area contributed by atoms with Crippen LogP contribution in [0.1, 0.15) is 85.1 Å². The van der Waals surface area contributed by atoms with Crippen molar-refractivity contribution in [3.8, 4) is 0 Å². The number of aromatic amines is 1. The zero-order valence-corrected chi connectivity index (χ0v) is 43.3. The SMILES string of the molecule is CCCCC(I)(CC)C1CC(=O)N(CCC(=O)N[C@H](C(=O)N[C@@H](C)C(=O)Nc2ccc(COC(=O)N3CC[C@H](OC)[C@@H]3C(=O)N[C@@H]3[C@@H](O)[C@H](O)[C@@H](Nc4ncnc5nc[nH]c45)O[C@H]3CO)cc2)C(C)C)C1=O. The largest absolute Gasteiger partial charge is 0.445 e. The number of benzene rings is 1. The van der Waals surface area contributed by atoms with E-state index in [2.05, 4.69) is 76.0 Å². The minimum Gasteiger partial charge on any atom is -0.445 e. The van der Waals surface area contributed by atoms with Crippen molar-refractivity contribution in [1.82, 2.24) is 45.7 Å². The summed E-state index contributed by atoms with van der Waals surface area (Å²) in [5.41, 5.74) is 1.65. The van der Waals surface area contributed by atoms with Gasteiger partial charge in [0.25, 0.3) is 0 Å². The topological polar surface area (TPSA) is 329 Å². The first kappa shape index (κ1) is 55.7. The van der Waals surface area contributed by atoms with Crippen LogP contribution < -0.4 is 26.6 Å². The molecule has 11 atom stereocenters. The summed E-state index contributed by atoms with van der Waals surface area (Å²) in [6.45, 7) is 8.16. The van der Waals surface area contributed by atoms with Gasteiger partial charge < -0.3 is 61.1 Å². The van der Waals surface area contributed by atoms with Gasteiger partial charge in [-0.25, -0.2) is 19.7 Å². The summed E-state index contributed by atoms with van der Waals surface area (Å²) in [4.78, 5) is 111. The van der Waals surface area contributed by atoms with Crippen LogP contribution in [0.15, 0.2) is 36.9 Å². The van der Waals surface area contributed by atoms with Gasteiger partial charge in [-0.05, 0) is 49.8 Å². The van der Waals surface area contributed by atoms with Gasteiger partial charge in [-0.3, -0.25) is 38.6 Å². The van der Waals surface area contributed by atoms with Crippen molar-refractivity contribution >= 4 is 86.8 Å². The van der Waals surface area contributed by atoms with Crippen molar-refractivity contribution < 1.29 is 63.1 Å². The lowest BCUT2D eigenvalue weighted by Gasteiger charge is -2.43. The number of hydrogen-bond donors (Lipinski definition) is 9.